The number of fused-ring (bicyclic) bond motifs is 3. The Morgan fingerprint density at radius 2 is 1.87 bits per heavy atom. The second-order valence-electron chi connectivity index (χ2n) is 5.10. The fourth-order valence-electron chi connectivity index (χ4n) is 2.68. The van der Waals surface area contributed by atoms with Gasteiger partial charge >= 0.3 is 0 Å². The normalized spacial score (nSPS) is 10.8. The van der Waals surface area contributed by atoms with Gasteiger partial charge in [0.2, 0.25) is 0 Å². The number of hydrogen-bond donors (Lipinski definition) is 0. The van der Waals surface area contributed by atoms with Gasteiger partial charge in [0.15, 0.2) is 5.65 Å². The zero-order valence-electron chi connectivity index (χ0n) is 12.4. The summed E-state index contributed by atoms with van der Waals surface area (Å²) in [5.41, 5.74) is 3.78. The third-order valence-electron chi connectivity index (χ3n) is 3.80. The fraction of sp³-hybridized carbons (Fsp3) is 0.0556. The van der Waals surface area contributed by atoms with Crippen LogP contribution in [0.3, 0.4) is 0 Å². The lowest BCUT2D eigenvalue weighted by Crippen LogP contribution is -1.98. The number of nitriles is 1. The van der Waals surface area contributed by atoms with Crippen LogP contribution in [-0.2, 0) is 0 Å². The Bertz CT molecular complexity index is 1060. The summed E-state index contributed by atoms with van der Waals surface area (Å²) in [4.78, 5) is 9.07. The number of nitrogens with zero attached hydrogens (tertiary/aromatic N) is 4. The molecule has 0 radical (unpaired) electrons. The number of ether oxygens (including phenoxy) is 1. The van der Waals surface area contributed by atoms with Gasteiger partial charge in [-0.2, -0.15) is 5.26 Å². The molecule has 4 rings (SSSR count). The second kappa shape index (κ2) is 5.11. The van der Waals surface area contributed by atoms with E-state index >= 15 is 0 Å². The molecule has 5 heteroatoms. The van der Waals surface area contributed by atoms with Crippen LogP contribution in [0.2, 0.25) is 0 Å². The van der Waals surface area contributed by atoms with Crippen molar-refractivity contribution in [1.82, 2.24) is 14.4 Å². The highest BCUT2D eigenvalue weighted by Gasteiger charge is 2.14. The molecule has 0 N–H and O–H groups in total. The molecule has 0 saturated heterocycles. The molecular weight excluding hydrogens is 288 g/mol. The Labute approximate surface area is 132 Å². The van der Waals surface area contributed by atoms with Crippen molar-refractivity contribution in [3.63, 3.8) is 0 Å². The van der Waals surface area contributed by atoms with Gasteiger partial charge in [-0.25, -0.2) is 9.97 Å². The quantitative estimate of drug-likeness (QED) is 0.569. The third-order valence-corrected chi connectivity index (χ3v) is 3.80. The smallest absolute Gasteiger partial charge is 0.159 e. The van der Waals surface area contributed by atoms with Gasteiger partial charge in [0.25, 0.3) is 0 Å². The van der Waals surface area contributed by atoms with Crippen molar-refractivity contribution in [2.24, 2.45) is 0 Å². The van der Waals surface area contributed by atoms with Gasteiger partial charge < -0.3 is 4.74 Å². The Balaban J connectivity index is 2.08. The lowest BCUT2D eigenvalue weighted by Gasteiger charge is -2.07. The average Bonchev–Trinajstić information content (AvgIpc) is 3.01. The molecule has 0 spiro atoms. The topological polar surface area (TPSA) is 63.2 Å². The summed E-state index contributed by atoms with van der Waals surface area (Å²) in [7, 11) is 1.64. The Hall–Kier alpha value is -3.39. The summed E-state index contributed by atoms with van der Waals surface area (Å²) in [5, 5.41) is 9.33. The molecule has 0 bridgehead atoms. The lowest BCUT2D eigenvalue weighted by molar-refractivity contribution is 0.415. The predicted molar refractivity (Wildman–Crippen MR) is 87.2 cm³/mol. The van der Waals surface area contributed by atoms with E-state index in [1.165, 1.54) is 0 Å². The van der Waals surface area contributed by atoms with Gasteiger partial charge in [-0.1, -0.05) is 12.1 Å². The van der Waals surface area contributed by atoms with E-state index in [0.29, 0.717) is 11.2 Å². The number of para-hydroxylation sites is 2. The molecule has 2 heterocycles. The average molecular weight is 300 g/mol. The van der Waals surface area contributed by atoms with Crippen molar-refractivity contribution < 1.29 is 4.74 Å². The first-order valence-corrected chi connectivity index (χ1v) is 7.12. The summed E-state index contributed by atoms with van der Waals surface area (Å²) < 4.78 is 7.13. The minimum atomic E-state index is 0.457. The number of methoxy groups -OCH3 is 1. The molecule has 0 unspecified atom stereocenters. The van der Waals surface area contributed by atoms with Crippen LogP contribution < -0.4 is 4.74 Å². The molecule has 0 saturated carbocycles. The van der Waals surface area contributed by atoms with Gasteiger partial charge in [-0.3, -0.25) is 4.40 Å². The summed E-state index contributed by atoms with van der Waals surface area (Å²) in [6.07, 6.45) is 1.57. The van der Waals surface area contributed by atoms with Crippen LogP contribution in [0.5, 0.6) is 5.75 Å². The highest BCUT2D eigenvalue weighted by molar-refractivity contribution is 5.84. The monoisotopic (exact) mass is 300 g/mol. The highest BCUT2D eigenvalue weighted by Crippen LogP contribution is 2.26. The van der Waals surface area contributed by atoms with Crippen LogP contribution in [0.4, 0.5) is 0 Å². The van der Waals surface area contributed by atoms with Crippen LogP contribution in [0.25, 0.3) is 28.1 Å². The molecule has 110 valence electrons. The number of hydrogen-bond acceptors (Lipinski definition) is 4. The third kappa shape index (κ3) is 2.00. The van der Waals surface area contributed by atoms with E-state index < -0.39 is 0 Å². The van der Waals surface area contributed by atoms with E-state index in [4.69, 9.17) is 4.74 Å². The van der Waals surface area contributed by atoms with Crippen molar-refractivity contribution >= 4 is 16.7 Å². The Kier molecular flexibility index (Phi) is 2.95. The van der Waals surface area contributed by atoms with Crippen LogP contribution in [0.15, 0.2) is 54.7 Å². The largest absolute Gasteiger partial charge is 0.497 e. The first-order valence-electron chi connectivity index (χ1n) is 7.12. The molecule has 0 fully saturated rings. The van der Waals surface area contributed by atoms with Gasteiger partial charge in [0.1, 0.15) is 23.2 Å². The highest BCUT2D eigenvalue weighted by atomic mass is 16.5. The zero-order chi connectivity index (χ0) is 15.8. The molecule has 0 amide bonds. The Morgan fingerprint density at radius 1 is 1.09 bits per heavy atom. The zero-order valence-corrected chi connectivity index (χ0v) is 12.4. The van der Waals surface area contributed by atoms with Crippen molar-refractivity contribution in [3.8, 4) is 23.2 Å². The van der Waals surface area contributed by atoms with Crippen LogP contribution >= 0.6 is 0 Å². The first-order chi connectivity index (χ1) is 11.3. The molecule has 0 atom stereocenters. The van der Waals surface area contributed by atoms with Crippen molar-refractivity contribution in [2.75, 3.05) is 7.11 Å². The predicted octanol–water partition coefficient (Wildman–Crippen LogP) is 3.43. The molecule has 2 aromatic heterocycles. The number of benzene rings is 2. The van der Waals surface area contributed by atoms with E-state index in [2.05, 4.69) is 16.0 Å². The maximum absolute atomic E-state index is 9.33. The Morgan fingerprint density at radius 3 is 2.61 bits per heavy atom. The number of rotatable bonds is 2. The molecule has 23 heavy (non-hydrogen) atoms. The molecule has 0 aliphatic rings. The maximum Gasteiger partial charge on any atom is 0.159 e. The second-order valence-corrected chi connectivity index (χ2v) is 5.10. The molecular formula is C18H12N4O. The van der Waals surface area contributed by atoms with Gasteiger partial charge in [0.05, 0.1) is 24.3 Å². The standard InChI is InChI=1S/C18H12N4O/c1-23-14-8-6-12(7-9-14)17-20-11-13(10-19)18-21-15-4-2-3-5-16(15)22(17)18/h2-9,11H,1H3. The van der Waals surface area contributed by atoms with E-state index in [-0.39, 0.29) is 0 Å². The minimum Gasteiger partial charge on any atom is -0.497 e. The van der Waals surface area contributed by atoms with E-state index in [9.17, 15) is 5.26 Å². The molecule has 0 aliphatic heterocycles. The number of imidazole rings is 1. The van der Waals surface area contributed by atoms with Crippen LogP contribution in [-0.4, -0.2) is 21.5 Å². The minimum absolute atomic E-state index is 0.457. The summed E-state index contributed by atoms with van der Waals surface area (Å²) in [5.74, 6) is 1.53. The van der Waals surface area contributed by atoms with E-state index in [1.807, 2.05) is 52.9 Å². The van der Waals surface area contributed by atoms with Crippen molar-refractivity contribution in [2.45, 2.75) is 0 Å². The molecule has 5 nitrogen and oxygen atoms in total. The summed E-state index contributed by atoms with van der Waals surface area (Å²) in [6.45, 7) is 0. The fourth-order valence-corrected chi connectivity index (χ4v) is 2.68. The summed E-state index contributed by atoms with van der Waals surface area (Å²) in [6, 6.07) is 17.6. The first kappa shape index (κ1) is 13.3. The molecule has 0 aliphatic carbocycles. The van der Waals surface area contributed by atoms with Gasteiger partial charge in [0, 0.05) is 5.56 Å². The SMILES string of the molecule is COc1ccc(-c2ncc(C#N)c3nc4ccccc4n23)cc1. The van der Waals surface area contributed by atoms with Crippen LogP contribution in [0, 0.1) is 11.3 Å². The summed E-state index contributed by atoms with van der Waals surface area (Å²) >= 11 is 0. The van der Waals surface area contributed by atoms with Gasteiger partial charge in [-0.15, -0.1) is 0 Å². The maximum atomic E-state index is 9.33. The molecule has 4 aromatic rings. The van der Waals surface area contributed by atoms with E-state index in [1.54, 1.807) is 13.3 Å². The van der Waals surface area contributed by atoms with Crippen molar-refractivity contribution in [3.05, 3.63) is 60.3 Å². The number of aromatic nitrogens is 3. The van der Waals surface area contributed by atoms with Crippen molar-refractivity contribution in [1.29, 1.82) is 5.26 Å². The van der Waals surface area contributed by atoms with Gasteiger partial charge in [-0.05, 0) is 36.4 Å². The molecule has 2 aromatic carbocycles. The van der Waals surface area contributed by atoms with Crippen LogP contribution in [0.1, 0.15) is 5.56 Å². The lowest BCUT2D eigenvalue weighted by atomic mass is 10.2. The van der Waals surface area contributed by atoms with E-state index in [0.717, 1.165) is 28.2 Å².